The molecule has 0 fully saturated rings. The lowest BCUT2D eigenvalue weighted by Gasteiger charge is -2.15. The fourth-order valence-electron chi connectivity index (χ4n) is 3.67. The number of rotatable bonds is 5. The lowest BCUT2D eigenvalue weighted by atomic mass is 9.94. The molecule has 0 radical (unpaired) electrons. The Balaban J connectivity index is 1.80. The zero-order valence-corrected chi connectivity index (χ0v) is 14.9. The van der Waals surface area contributed by atoms with Gasteiger partial charge in [-0.3, -0.25) is 5.10 Å². The van der Waals surface area contributed by atoms with E-state index in [1.807, 2.05) is 18.2 Å². The van der Waals surface area contributed by atoms with Crippen LogP contribution in [-0.2, 0) is 0 Å². The van der Waals surface area contributed by atoms with E-state index < -0.39 is 0 Å². The number of nitrogens with zero attached hydrogens (tertiary/aromatic N) is 1. The number of fused-ring (bicyclic) bond motifs is 3. The first-order chi connectivity index (χ1) is 12.7. The van der Waals surface area contributed by atoms with E-state index in [1.165, 1.54) is 17.7 Å². The number of aromatic amines is 1. The first-order valence-electron chi connectivity index (χ1n) is 8.53. The monoisotopic (exact) mass is 353 g/mol. The number of hydrogen-bond donors (Lipinski definition) is 2. The minimum Gasteiger partial charge on any atom is -0.493 e. The van der Waals surface area contributed by atoms with Crippen LogP contribution in [0.5, 0.6) is 11.5 Å². The van der Waals surface area contributed by atoms with Gasteiger partial charge in [0.15, 0.2) is 11.5 Å². The van der Waals surface area contributed by atoms with Crippen molar-refractivity contribution >= 4 is 11.5 Å². The number of benzene rings is 2. The molecular weight excluding hydrogens is 333 g/mol. The summed E-state index contributed by atoms with van der Waals surface area (Å²) in [6.45, 7) is 2.14. The first-order valence-corrected chi connectivity index (χ1v) is 8.53. The number of halogens is 1. The third-order valence-electron chi connectivity index (χ3n) is 4.84. The molecule has 0 aliphatic heterocycles. The van der Waals surface area contributed by atoms with Crippen molar-refractivity contribution in [1.82, 2.24) is 10.2 Å². The van der Waals surface area contributed by atoms with E-state index in [4.69, 9.17) is 9.47 Å². The van der Waals surface area contributed by atoms with Crippen molar-refractivity contribution in [3.63, 3.8) is 0 Å². The molecule has 1 aliphatic rings. The van der Waals surface area contributed by atoms with Gasteiger partial charge >= 0.3 is 0 Å². The third kappa shape index (κ3) is 2.49. The van der Waals surface area contributed by atoms with E-state index in [1.54, 1.807) is 20.3 Å². The normalized spacial score (nSPS) is 14.7. The lowest BCUT2D eigenvalue weighted by Crippen LogP contribution is -2.01. The van der Waals surface area contributed by atoms with Crippen molar-refractivity contribution in [1.29, 1.82) is 0 Å². The van der Waals surface area contributed by atoms with Crippen molar-refractivity contribution in [3.8, 4) is 22.8 Å². The lowest BCUT2D eigenvalue weighted by molar-refractivity contribution is 0.354. The van der Waals surface area contributed by atoms with Gasteiger partial charge in [-0.2, -0.15) is 5.10 Å². The Kier molecular flexibility index (Phi) is 4.03. The van der Waals surface area contributed by atoms with Gasteiger partial charge in [-0.05, 0) is 42.3 Å². The number of ether oxygens (including phenoxy) is 2. The van der Waals surface area contributed by atoms with Crippen LogP contribution in [-0.4, -0.2) is 24.4 Å². The van der Waals surface area contributed by atoms with Crippen LogP contribution in [0.1, 0.15) is 30.4 Å². The number of H-pyrrole nitrogens is 1. The Morgan fingerprint density at radius 1 is 1.15 bits per heavy atom. The highest BCUT2D eigenvalue weighted by molar-refractivity contribution is 5.83. The quantitative estimate of drug-likeness (QED) is 0.690. The van der Waals surface area contributed by atoms with Gasteiger partial charge in [0, 0.05) is 22.7 Å². The van der Waals surface area contributed by atoms with Gasteiger partial charge in [0.2, 0.25) is 0 Å². The Bertz CT molecular complexity index is 968. The van der Waals surface area contributed by atoms with Crippen molar-refractivity contribution < 1.29 is 13.9 Å². The second kappa shape index (κ2) is 6.37. The minimum absolute atomic E-state index is 0.176. The number of aromatic nitrogens is 2. The van der Waals surface area contributed by atoms with E-state index in [-0.39, 0.29) is 11.7 Å². The summed E-state index contributed by atoms with van der Waals surface area (Å²) in [6, 6.07) is 10.4. The van der Waals surface area contributed by atoms with E-state index in [0.717, 1.165) is 29.1 Å². The van der Waals surface area contributed by atoms with Crippen molar-refractivity contribution in [2.24, 2.45) is 0 Å². The summed E-state index contributed by atoms with van der Waals surface area (Å²) >= 11 is 0. The molecule has 1 heterocycles. The highest BCUT2D eigenvalue weighted by atomic mass is 19.1. The average Bonchev–Trinajstić information content (AvgIpc) is 3.18. The molecule has 0 amide bonds. The van der Waals surface area contributed by atoms with Crippen molar-refractivity contribution in [2.45, 2.75) is 19.3 Å². The van der Waals surface area contributed by atoms with Gasteiger partial charge in [-0.25, -0.2) is 4.39 Å². The molecule has 26 heavy (non-hydrogen) atoms. The predicted octanol–water partition coefficient (Wildman–Crippen LogP) is 4.83. The van der Waals surface area contributed by atoms with Crippen LogP contribution >= 0.6 is 0 Å². The molecule has 2 aromatic carbocycles. The molecule has 3 aromatic rings. The maximum absolute atomic E-state index is 13.5. The van der Waals surface area contributed by atoms with Gasteiger partial charge in [-0.1, -0.05) is 13.0 Å². The third-order valence-corrected chi connectivity index (χ3v) is 4.84. The molecule has 1 atom stereocenters. The van der Waals surface area contributed by atoms with Gasteiger partial charge in [-0.15, -0.1) is 0 Å². The summed E-state index contributed by atoms with van der Waals surface area (Å²) in [5.74, 6) is 2.06. The molecule has 0 spiro atoms. The number of anilines is 2. The van der Waals surface area contributed by atoms with Crippen molar-refractivity contribution in [3.05, 3.63) is 53.3 Å². The maximum Gasteiger partial charge on any atom is 0.161 e. The summed E-state index contributed by atoms with van der Waals surface area (Å²) in [7, 11) is 3.26. The fourth-order valence-corrected chi connectivity index (χ4v) is 3.67. The second-order valence-electron chi connectivity index (χ2n) is 6.25. The maximum atomic E-state index is 13.5. The zero-order valence-electron chi connectivity index (χ0n) is 14.9. The summed E-state index contributed by atoms with van der Waals surface area (Å²) in [5.41, 5.74) is 4.86. The summed E-state index contributed by atoms with van der Waals surface area (Å²) in [6.07, 6.45) is 0.910. The van der Waals surface area contributed by atoms with Gasteiger partial charge in [0.1, 0.15) is 11.6 Å². The van der Waals surface area contributed by atoms with E-state index in [2.05, 4.69) is 22.4 Å². The highest BCUT2D eigenvalue weighted by Gasteiger charge is 2.34. The topological polar surface area (TPSA) is 59.2 Å². The van der Waals surface area contributed by atoms with Crippen LogP contribution in [0.2, 0.25) is 0 Å². The first kappa shape index (κ1) is 16.4. The molecular formula is C20H20FN3O2. The molecule has 2 N–H and O–H groups in total. The molecule has 0 saturated heterocycles. The van der Waals surface area contributed by atoms with Gasteiger partial charge < -0.3 is 14.8 Å². The second-order valence-corrected chi connectivity index (χ2v) is 6.25. The Morgan fingerprint density at radius 2 is 1.92 bits per heavy atom. The van der Waals surface area contributed by atoms with E-state index in [9.17, 15) is 4.39 Å². The van der Waals surface area contributed by atoms with Crippen LogP contribution in [0.4, 0.5) is 15.9 Å². The molecule has 4 rings (SSSR count). The van der Waals surface area contributed by atoms with Crippen LogP contribution in [0.15, 0.2) is 36.4 Å². The molecule has 134 valence electrons. The minimum atomic E-state index is -0.282. The van der Waals surface area contributed by atoms with Crippen molar-refractivity contribution in [2.75, 3.05) is 19.5 Å². The average molecular weight is 353 g/mol. The Labute approximate surface area is 151 Å². The Morgan fingerprint density at radius 3 is 2.62 bits per heavy atom. The number of hydrogen-bond acceptors (Lipinski definition) is 4. The SMILES string of the molecule is CCC1c2cc(OC)c(OC)cc2-c2n[nH]c(Nc3cccc(F)c3)c21. The summed E-state index contributed by atoms with van der Waals surface area (Å²) < 4.78 is 24.4. The molecule has 0 bridgehead atoms. The largest absolute Gasteiger partial charge is 0.493 e. The van der Waals surface area contributed by atoms with Crippen LogP contribution in [0.3, 0.4) is 0 Å². The predicted molar refractivity (Wildman–Crippen MR) is 98.9 cm³/mol. The molecule has 1 aliphatic carbocycles. The van der Waals surface area contributed by atoms with Crippen LogP contribution in [0.25, 0.3) is 11.3 Å². The summed E-state index contributed by atoms with van der Waals surface area (Å²) in [4.78, 5) is 0. The van der Waals surface area contributed by atoms with Gasteiger partial charge in [0.25, 0.3) is 0 Å². The molecule has 1 unspecified atom stereocenters. The molecule has 5 nitrogen and oxygen atoms in total. The molecule has 1 aromatic heterocycles. The summed E-state index contributed by atoms with van der Waals surface area (Å²) in [5, 5.41) is 10.8. The molecule has 0 saturated carbocycles. The molecule has 6 heteroatoms. The van der Waals surface area contributed by atoms with Crippen LogP contribution in [0, 0.1) is 5.82 Å². The zero-order chi connectivity index (χ0) is 18.3. The van der Waals surface area contributed by atoms with E-state index in [0.29, 0.717) is 17.2 Å². The van der Waals surface area contributed by atoms with Crippen LogP contribution < -0.4 is 14.8 Å². The standard InChI is InChI=1S/C20H20FN3O2/c1-4-13-14-9-16(25-2)17(26-3)10-15(14)19-18(13)20(24-23-19)22-12-7-5-6-11(21)8-12/h5-10,13H,4H2,1-3H3,(H2,22,23,24). The van der Waals surface area contributed by atoms with E-state index >= 15 is 0 Å². The Hall–Kier alpha value is -3.02. The number of nitrogens with one attached hydrogen (secondary N) is 2. The highest BCUT2D eigenvalue weighted by Crippen LogP contribution is 2.51. The number of methoxy groups -OCH3 is 2. The smallest absolute Gasteiger partial charge is 0.161 e. The fraction of sp³-hybridized carbons (Fsp3) is 0.250. The van der Waals surface area contributed by atoms with Gasteiger partial charge in [0.05, 0.1) is 19.9 Å².